The molecule has 0 heterocycles. The third-order valence-corrected chi connectivity index (χ3v) is 3.38. The van der Waals surface area contributed by atoms with Gasteiger partial charge in [-0.2, -0.15) is 0 Å². The highest BCUT2D eigenvalue weighted by atomic mass is 19.1. The van der Waals surface area contributed by atoms with Gasteiger partial charge in [0.15, 0.2) is 0 Å². The van der Waals surface area contributed by atoms with E-state index in [2.05, 4.69) is 13.8 Å². The molecule has 0 aliphatic heterocycles. The Kier molecular flexibility index (Phi) is 3.72. The molecule has 78 valence electrons. The maximum atomic E-state index is 13.7. The van der Waals surface area contributed by atoms with E-state index in [1.54, 1.807) is 0 Å². The molecule has 0 aromatic heterocycles. The molecule has 0 aromatic carbocycles. The van der Waals surface area contributed by atoms with Crippen LogP contribution in [0.4, 0.5) is 4.39 Å². The standard InChI is InChI=1S/C11H22FN/c1-8(2)9-5-6-11(13(3)4)10(12)7-9/h8-11H,5-7H2,1-4H3/t9?,10?,11-/m1/s1. The van der Waals surface area contributed by atoms with Gasteiger partial charge in [0.2, 0.25) is 0 Å². The first-order valence-electron chi connectivity index (χ1n) is 5.33. The molecular weight excluding hydrogens is 165 g/mol. The monoisotopic (exact) mass is 187 g/mol. The molecule has 0 radical (unpaired) electrons. The van der Waals surface area contributed by atoms with Crippen LogP contribution in [0.2, 0.25) is 0 Å². The van der Waals surface area contributed by atoms with Crippen LogP contribution in [0.15, 0.2) is 0 Å². The fraction of sp³-hybridized carbons (Fsp3) is 1.00. The van der Waals surface area contributed by atoms with E-state index in [-0.39, 0.29) is 6.04 Å². The van der Waals surface area contributed by atoms with E-state index in [1.807, 2.05) is 19.0 Å². The fourth-order valence-corrected chi connectivity index (χ4v) is 2.32. The maximum Gasteiger partial charge on any atom is 0.116 e. The average Bonchev–Trinajstić information content (AvgIpc) is 2.03. The lowest BCUT2D eigenvalue weighted by Crippen LogP contribution is -2.42. The van der Waals surface area contributed by atoms with Crippen LogP contribution < -0.4 is 0 Å². The summed E-state index contributed by atoms with van der Waals surface area (Å²) >= 11 is 0. The molecule has 1 aliphatic rings. The van der Waals surface area contributed by atoms with Crippen LogP contribution in [-0.4, -0.2) is 31.2 Å². The second-order valence-electron chi connectivity index (χ2n) is 4.86. The molecule has 1 fully saturated rings. The Morgan fingerprint density at radius 3 is 2.23 bits per heavy atom. The van der Waals surface area contributed by atoms with Gasteiger partial charge in [-0.1, -0.05) is 13.8 Å². The number of halogens is 1. The van der Waals surface area contributed by atoms with E-state index in [0.29, 0.717) is 11.8 Å². The molecule has 1 aliphatic carbocycles. The second kappa shape index (κ2) is 4.41. The van der Waals surface area contributed by atoms with Crippen molar-refractivity contribution in [3.63, 3.8) is 0 Å². The topological polar surface area (TPSA) is 3.24 Å². The maximum absolute atomic E-state index is 13.7. The Balaban J connectivity index is 2.46. The van der Waals surface area contributed by atoms with Gasteiger partial charge in [-0.25, -0.2) is 4.39 Å². The van der Waals surface area contributed by atoms with Gasteiger partial charge in [0, 0.05) is 6.04 Å². The van der Waals surface area contributed by atoms with Crippen LogP contribution in [0.25, 0.3) is 0 Å². The molecule has 1 rings (SSSR count). The molecule has 0 spiro atoms. The molecule has 0 N–H and O–H groups in total. The van der Waals surface area contributed by atoms with E-state index < -0.39 is 6.17 Å². The van der Waals surface area contributed by atoms with Crippen LogP contribution >= 0.6 is 0 Å². The summed E-state index contributed by atoms with van der Waals surface area (Å²) in [5.41, 5.74) is 0. The van der Waals surface area contributed by atoms with Crippen molar-refractivity contribution >= 4 is 0 Å². The summed E-state index contributed by atoms with van der Waals surface area (Å²) in [4.78, 5) is 2.03. The normalized spacial score (nSPS) is 35.8. The van der Waals surface area contributed by atoms with E-state index in [9.17, 15) is 4.39 Å². The third-order valence-electron chi connectivity index (χ3n) is 3.38. The van der Waals surface area contributed by atoms with Gasteiger partial charge in [-0.05, 0) is 45.2 Å². The predicted molar refractivity (Wildman–Crippen MR) is 54.6 cm³/mol. The lowest BCUT2D eigenvalue weighted by Gasteiger charge is -2.37. The van der Waals surface area contributed by atoms with Gasteiger partial charge in [-0.15, -0.1) is 0 Å². The first-order chi connectivity index (χ1) is 6.02. The van der Waals surface area contributed by atoms with E-state index in [0.717, 1.165) is 12.8 Å². The van der Waals surface area contributed by atoms with E-state index in [1.165, 1.54) is 6.42 Å². The Morgan fingerprint density at radius 2 is 1.85 bits per heavy atom. The number of nitrogens with zero attached hydrogens (tertiary/aromatic N) is 1. The van der Waals surface area contributed by atoms with Crippen LogP contribution in [0.1, 0.15) is 33.1 Å². The minimum atomic E-state index is -0.615. The van der Waals surface area contributed by atoms with Crippen LogP contribution in [-0.2, 0) is 0 Å². The van der Waals surface area contributed by atoms with Crippen LogP contribution in [0.5, 0.6) is 0 Å². The lowest BCUT2D eigenvalue weighted by molar-refractivity contribution is 0.0726. The molecular formula is C11H22FN. The summed E-state index contributed by atoms with van der Waals surface area (Å²) in [5.74, 6) is 1.24. The summed E-state index contributed by atoms with van der Waals surface area (Å²) in [5, 5.41) is 0. The van der Waals surface area contributed by atoms with Crippen molar-refractivity contribution < 1.29 is 4.39 Å². The zero-order chi connectivity index (χ0) is 10.0. The van der Waals surface area contributed by atoms with Crippen molar-refractivity contribution in [2.75, 3.05) is 14.1 Å². The smallest absolute Gasteiger partial charge is 0.116 e. The summed E-state index contributed by atoms with van der Waals surface area (Å²) in [7, 11) is 3.96. The minimum absolute atomic E-state index is 0.162. The van der Waals surface area contributed by atoms with Crippen molar-refractivity contribution in [2.45, 2.75) is 45.3 Å². The van der Waals surface area contributed by atoms with Crippen molar-refractivity contribution in [3.05, 3.63) is 0 Å². The van der Waals surface area contributed by atoms with Gasteiger partial charge in [-0.3, -0.25) is 0 Å². The Bertz CT molecular complexity index is 156. The van der Waals surface area contributed by atoms with Crippen LogP contribution in [0.3, 0.4) is 0 Å². The molecule has 1 saturated carbocycles. The highest BCUT2D eigenvalue weighted by molar-refractivity contribution is 4.85. The van der Waals surface area contributed by atoms with Crippen LogP contribution in [0, 0.1) is 11.8 Å². The molecule has 13 heavy (non-hydrogen) atoms. The molecule has 3 atom stereocenters. The zero-order valence-corrected chi connectivity index (χ0v) is 9.26. The molecule has 2 unspecified atom stereocenters. The molecule has 2 heteroatoms. The van der Waals surface area contributed by atoms with Gasteiger partial charge >= 0.3 is 0 Å². The van der Waals surface area contributed by atoms with Gasteiger partial charge in [0.05, 0.1) is 0 Å². The van der Waals surface area contributed by atoms with E-state index in [4.69, 9.17) is 0 Å². The highest BCUT2D eigenvalue weighted by Crippen LogP contribution is 2.33. The largest absolute Gasteiger partial charge is 0.304 e. The molecule has 0 saturated heterocycles. The number of rotatable bonds is 2. The third kappa shape index (κ3) is 2.67. The Morgan fingerprint density at radius 1 is 1.23 bits per heavy atom. The first kappa shape index (κ1) is 11.0. The van der Waals surface area contributed by atoms with Gasteiger partial charge in [0.1, 0.15) is 6.17 Å². The summed E-state index contributed by atoms with van der Waals surface area (Å²) in [6, 6.07) is 0.162. The lowest BCUT2D eigenvalue weighted by atomic mass is 9.78. The SMILES string of the molecule is CC(C)C1CC[C@@H](N(C)C)C(F)C1. The van der Waals surface area contributed by atoms with Crippen molar-refractivity contribution in [2.24, 2.45) is 11.8 Å². The highest BCUT2D eigenvalue weighted by Gasteiger charge is 2.32. The zero-order valence-electron chi connectivity index (χ0n) is 9.26. The Labute approximate surface area is 81.3 Å². The molecule has 0 bridgehead atoms. The summed E-state index contributed by atoms with van der Waals surface area (Å²) in [6.07, 6.45) is 2.37. The molecule has 1 nitrogen and oxygen atoms in total. The van der Waals surface area contributed by atoms with Crippen molar-refractivity contribution in [1.82, 2.24) is 4.90 Å². The Hall–Kier alpha value is -0.110. The van der Waals surface area contributed by atoms with E-state index >= 15 is 0 Å². The quantitative estimate of drug-likeness (QED) is 0.642. The number of hydrogen-bond acceptors (Lipinski definition) is 1. The number of hydrogen-bond donors (Lipinski definition) is 0. The molecule has 0 amide bonds. The first-order valence-corrected chi connectivity index (χ1v) is 5.33. The fourth-order valence-electron chi connectivity index (χ4n) is 2.32. The van der Waals surface area contributed by atoms with Gasteiger partial charge < -0.3 is 4.90 Å². The minimum Gasteiger partial charge on any atom is -0.304 e. The number of alkyl halides is 1. The predicted octanol–water partition coefficient (Wildman–Crippen LogP) is 2.71. The van der Waals surface area contributed by atoms with Gasteiger partial charge in [0.25, 0.3) is 0 Å². The summed E-state index contributed by atoms with van der Waals surface area (Å²) < 4.78 is 13.7. The van der Waals surface area contributed by atoms with Crippen molar-refractivity contribution in [3.8, 4) is 0 Å². The molecule has 0 aromatic rings. The van der Waals surface area contributed by atoms with Crippen molar-refractivity contribution in [1.29, 1.82) is 0 Å². The summed E-state index contributed by atoms with van der Waals surface area (Å²) in [6.45, 7) is 4.40. The average molecular weight is 187 g/mol. The second-order valence-corrected chi connectivity index (χ2v) is 4.86.